The topological polar surface area (TPSA) is 21.3 Å². The molecule has 0 aliphatic rings. The Morgan fingerprint density at radius 3 is 2.20 bits per heavy atom. The molecule has 0 radical (unpaired) electrons. The van der Waals surface area contributed by atoms with Crippen molar-refractivity contribution in [3.05, 3.63) is 29.8 Å². The van der Waals surface area contributed by atoms with Gasteiger partial charge in [-0.3, -0.25) is 0 Å². The standard InChI is InChI=1S/C18H31NO/c1-14(12-19-18(5,6)7)13-20-16-11-9-8-10-15(16)17(2,3)4/h8-11,14,19H,12-13H2,1-7H3. The van der Waals surface area contributed by atoms with Crippen molar-refractivity contribution in [1.82, 2.24) is 5.32 Å². The van der Waals surface area contributed by atoms with Gasteiger partial charge in [0.15, 0.2) is 0 Å². The predicted octanol–water partition coefficient (Wildman–Crippen LogP) is 4.39. The summed E-state index contributed by atoms with van der Waals surface area (Å²) < 4.78 is 6.05. The highest BCUT2D eigenvalue weighted by molar-refractivity contribution is 5.38. The molecule has 0 aromatic heterocycles. The average molecular weight is 277 g/mol. The Bertz CT molecular complexity index is 412. The third kappa shape index (κ3) is 5.96. The van der Waals surface area contributed by atoms with Crippen molar-refractivity contribution >= 4 is 0 Å². The summed E-state index contributed by atoms with van der Waals surface area (Å²) in [7, 11) is 0. The third-order valence-electron chi connectivity index (χ3n) is 3.20. The number of nitrogens with one attached hydrogen (secondary N) is 1. The van der Waals surface area contributed by atoms with E-state index < -0.39 is 0 Å². The summed E-state index contributed by atoms with van der Waals surface area (Å²) in [5.41, 5.74) is 1.55. The highest BCUT2D eigenvalue weighted by Gasteiger charge is 2.19. The number of ether oxygens (including phenoxy) is 1. The van der Waals surface area contributed by atoms with Crippen LogP contribution in [0.25, 0.3) is 0 Å². The molecule has 1 aromatic rings. The van der Waals surface area contributed by atoms with Crippen LogP contribution in [0.5, 0.6) is 5.75 Å². The van der Waals surface area contributed by atoms with Crippen LogP contribution < -0.4 is 10.1 Å². The second-order valence-corrected chi connectivity index (χ2v) is 7.79. The van der Waals surface area contributed by atoms with Gasteiger partial charge in [-0.15, -0.1) is 0 Å². The molecule has 0 aliphatic carbocycles. The normalized spacial score (nSPS) is 14.2. The molecule has 114 valence electrons. The molecule has 0 aliphatic heterocycles. The molecule has 0 heterocycles. The van der Waals surface area contributed by atoms with Gasteiger partial charge in [-0.05, 0) is 37.8 Å². The molecule has 0 amide bonds. The SMILES string of the molecule is CC(CNC(C)(C)C)COc1ccccc1C(C)(C)C. The Kier molecular flexibility index (Phi) is 5.64. The maximum atomic E-state index is 6.05. The summed E-state index contributed by atoms with van der Waals surface area (Å²) in [5, 5.41) is 3.52. The molecular formula is C18H31NO. The minimum absolute atomic E-state index is 0.115. The van der Waals surface area contributed by atoms with Gasteiger partial charge in [-0.2, -0.15) is 0 Å². The molecule has 0 bridgehead atoms. The van der Waals surface area contributed by atoms with Crippen LogP contribution in [0.4, 0.5) is 0 Å². The highest BCUT2D eigenvalue weighted by atomic mass is 16.5. The van der Waals surface area contributed by atoms with Gasteiger partial charge >= 0.3 is 0 Å². The van der Waals surface area contributed by atoms with Crippen LogP contribution in [0, 0.1) is 5.92 Å². The Hall–Kier alpha value is -1.02. The number of para-hydroxylation sites is 1. The summed E-state index contributed by atoms with van der Waals surface area (Å²) >= 11 is 0. The van der Waals surface area contributed by atoms with E-state index in [0.717, 1.165) is 18.9 Å². The van der Waals surface area contributed by atoms with E-state index in [4.69, 9.17) is 4.74 Å². The van der Waals surface area contributed by atoms with Gasteiger partial charge in [0.25, 0.3) is 0 Å². The first-order valence-electron chi connectivity index (χ1n) is 7.57. The van der Waals surface area contributed by atoms with Gasteiger partial charge in [0, 0.05) is 18.0 Å². The molecule has 1 atom stereocenters. The number of hydrogen-bond acceptors (Lipinski definition) is 2. The molecule has 1 rings (SSSR count). The summed E-state index contributed by atoms with van der Waals surface area (Å²) in [4.78, 5) is 0. The van der Waals surface area contributed by atoms with Crippen LogP contribution in [0.1, 0.15) is 54.0 Å². The van der Waals surface area contributed by atoms with E-state index >= 15 is 0 Å². The third-order valence-corrected chi connectivity index (χ3v) is 3.20. The Labute approximate surface area is 124 Å². The Morgan fingerprint density at radius 1 is 1.05 bits per heavy atom. The molecule has 1 unspecified atom stereocenters. The fourth-order valence-electron chi connectivity index (χ4n) is 1.98. The maximum absolute atomic E-state index is 6.05. The van der Waals surface area contributed by atoms with E-state index in [1.54, 1.807) is 0 Å². The Morgan fingerprint density at radius 2 is 1.65 bits per heavy atom. The molecule has 0 fully saturated rings. The minimum atomic E-state index is 0.115. The predicted molar refractivity (Wildman–Crippen MR) is 87.6 cm³/mol. The monoisotopic (exact) mass is 277 g/mol. The lowest BCUT2D eigenvalue weighted by atomic mass is 9.86. The quantitative estimate of drug-likeness (QED) is 0.862. The zero-order valence-electron chi connectivity index (χ0n) is 14.2. The Balaban J connectivity index is 2.58. The van der Waals surface area contributed by atoms with Gasteiger partial charge in [-0.1, -0.05) is 45.9 Å². The first kappa shape index (κ1) is 17.0. The van der Waals surface area contributed by atoms with E-state index in [1.165, 1.54) is 5.56 Å². The first-order chi connectivity index (χ1) is 9.09. The summed E-state index contributed by atoms with van der Waals surface area (Å²) in [6.45, 7) is 17.2. The molecule has 2 heteroatoms. The van der Waals surface area contributed by atoms with Crippen LogP contribution in [0.3, 0.4) is 0 Å². The molecule has 0 saturated carbocycles. The lowest BCUT2D eigenvalue weighted by Crippen LogP contribution is -2.39. The van der Waals surface area contributed by atoms with Gasteiger partial charge in [-0.25, -0.2) is 0 Å². The fourth-order valence-corrected chi connectivity index (χ4v) is 1.98. The van der Waals surface area contributed by atoms with E-state index in [-0.39, 0.29) is 11.0 Å². The van der Waals surface area contributed by atoms with Gasteiger partial charge in [0.1, 0.15) is 5.75 Å². The first-order valence-corrected chi connectivity index (χ1v) is 7.57. The molecule has 20 heavy (non-hydrogen) atoms. The van der Waals surface area contributed by atoms with Crippen molar-refractivity contribution in [2.75, 3.05) is 13.2 Å². The van der Waals surface area contributed by atoms with Crippen LogP contribution >= 0.6 is 0 Å². The number of benzene rings is 1. The summed E-state index contributed by atoms with van der Waals surface area (Å²) in [6.07, 6.45) is 0. The van der Waals surface area contributed by atoms with E-state index in [2.05, 4.69) is 72.0 Å². The van der Waals surface area contributed by atoms with Crippen molar-refractivity contribution in [2.45, 2.75) is 59.4 Å². The lowest BCUT2D eigenvalue weighted by molar-refractivity contribution is 0.240. The van der Waals surface area contributed by atoms with Crippen molar-refractivity contribution in [3.8, 4) is 5.75 Å². The molecule has 0 saturated heterocycles. The van der Waals surface area contributed by atoms with Crippen molar-refractivity contribution in [1.29, 1.82) is 0 Å². The van der Waals surface area contributed by atoms with Crippen molar-refractivity contribution < 1.29 is 4.74 Å². The second kappa shape index (κ2) is 6.62. The largest absolute Gasteiger partial charge is 0.493 e. The smallest absolute Gasteiger partial charge is 0.123 e. The lowest BCUT2D eigenvalue weighted by Gasteiger charge is -2.25. The van der Waals surface area contributed by atoms with E-state index in [0.29, 0.717) is 5.92 Å². The fraction of sp³-hybridized carbons (Fsp3) is 0.667. The average Bonchev–Trinajstić information content (AvgIpc) is 2.32. The minimum Gasteiger partial charge on any atom is -0.493 e. The van der Waals surface area contributed by atoms with Gasteiger partial charge in [0.05, 0.1) is 6.61 Å². The van der Waals surface area contributed by atoms with Gasteiger partial charge in [0.2, 0.25) is 0 Å². The number of rotatable bonds is 5. The zero-order valence-corrected chi connectivity index (χ0v) is 14.2. The summed E-state index contributed by atoms with van der Waals surface area (Å²) in [6, 6.07) is 8.36. The molecule has 2 nitrogen and oxygen atoms in total. The molecule has 1 N–H and O–H groups in total. The van der Waals surface area contributed by atoms with E-state index in [1.807, 2.05) is 6.07 Å². The van der Waals surface area contributed by atoms with E-state index in [9.17, 15) is 0 Å². The molecular weight excluding hydrogens is 246 g/mol. The van der Waals surface area contributed by atoms with Crippen LogP contribution in [-0.2, 0) is 5.41 Å². The van der Waals surface area contributed by atoms with Crippen LogP contribution in [-0.4, -0.2) is 18.7 Å². The number of hydrogen-bond donors (Lipinski definition) is 1. The van der Waals surface area contributed by atoms with Crippen molar-refractivity contribution in [2.24, 2.45) is 5.92 Å². The highest BCUT2D eigenvalue weighted by Crippen LogP contribution is 2.31. The second-order valence-electron chi connectivity index (χ2n) is 7.79. The molecule has 0 spiro atoms. The zero-order chi connectivity index (χ0) is 15.4. The molecule has 1 aromatic carbocycles. The maximum Gasteiger partial charge on any atom is 0.123 e. The van der Waals surface area contributed by atoms with Crippen LogP contribution in [0.15, 0.2) is 24.3 Å². The van der Waals surface area contributed by atoms with Crippen molar-refractivity contribution in [3.63, 3.8) is 0 Å². The van der Waals surface area contributed by atoms with Gasteiger partial charge < -0.3 is 10.1 Å². The van der Waals surface area contributed by atoms with Crippen LogP contribution in [0.2, 0.25) is 0 Å². The summed E-state index contributed by atoms with van der Waals surface area (Å²) in [5.74, 6) is 1.50.